The zero-order chi connectivity index (χ0) is 22.8. The van der Waals surface area contributed by atoms with Crippen LogP contribution in [-0.4, -0.2) is 29.2 Å². The van der Waals surface area contributed by atoms with Gasteiger partial charge in [-0.1, -0.05) is 42.5 Å². The Bertz CT molecular complexity index is 1320. The first-order valence-electron chi connectivity index (χ1n) is 10.4. The van der Waals surface area contributed by atoms with E-state index in [1.54, 1.807) is 30.3 Å². The number of benzene rings is 3. The van der Waals surface area contributed by atoms with Gasteiger partial charge in [-0.05, 0) is 53.9 Å². The molecule has 1 aliphatic rings. The lowest BCUT2D eigenvalue weighted by Crippen LogP contribution is -2.19. The molecule has 0 aliphatic carbocycles. The van der Waals surface area contributed by atoms with Crippen molar-refractivity contribution in [1.82, 2.24) is 5.32 Å². The molecule has 0 bridgehead atoms. The van der Waals surface area contributed by atoms with Crippen molar-refractivity contribution in [3.05, 3.63) is 89.5 Å². The maximum atomic E-state index is 13.3. The smallest absolute Gasteiger partial charge is 0.186 e. The molecule has 4 rings (SSSR count). The molecule has 0 radical (unpaired) electrons. The van der Waals surface area contributed by atoms with Gasteiger partial charge in [0.2, 0.25) is 0 Å². The van der Waals surface area contributed by atoms with Gasteiger partial charge in [0.25, 0.3) is 0 Å². The van der Waals surface area contributed by atoms with E-state index in [4.69, 9.17) is 4.74 Å². The molecule has 1 unspecified atom stereocenters. The van der Waals surface area contributed by atoms with Crippen molar-refractivity contribution in [2.75, 3.05) is 12.4 Å². The molecule has 3 aromatic rings. The van der Waals surface area contributed by atoms with E-state index in [0.29, 0.717) is 30.8 Å². The van der Waals surface area contributed by atoms with E-state index in [0.717, 1.165) is 11.3 Å². The van der Waals surface area contributed by atoms with E-state index in [-0.39, 0.29) is 9.79 Å². The molecule has 0 spiro atoms. The Labute approximate surface area is 189 Å². The summed E-state index contributed by atoms with van der Waals surface area (Å²) in [6.45, 7) is 3.39. The van der Waals surface area contributed by atoms with Crippen LogP contribution in [0.15, 0.2) is 82.6 Å². The van der Waals surface area contributed by atoms with Crippen molar-refractivity contribution in [2.24, 2.45) is 0 Å². The lowest BCUT2D eigenvalue weighted by molar-refractivity contribution is 0.340. The van der Waals surface area contributed by atoms with Crippen LogP contribution in [0.4, 0.5) is 0 Å². The van der Waals surface area contributed by atoms with Gasteiger partial charge in [-0.25, -0.2) is 16.8 Å². The normalized spacial score (nSPS) is 17.1. The average Bonchev–Trinajstić information content (AvgIpc) is 3.07. The number of nitrogens with one attached hydrogen (secondary N) is 1. The van der Waals surface area contributed by atoms with Gasteiger partial charge in [-0.15, -0.1) is 0 Å². The molecule has 0 amide bonds. The number of hydrogen-bond acceptors (Lipinski definition) is 6. The van der Waals surface area contributed by atoms with Gasteiger partial charge >= 0.3 is 0 Å². The molecule has 32 heavy (non-hydrogen) atoms. The molecule has 0 aromatic heterocycles. The fourth-order valence-electron chi connectivity index (χ4n) is 4.03. The Balaban J connectivity index is 1.62. The summed E-state index contributed by atoms with van der Waals surface area (Å²) < 4.78 is 57.8. The van der Waals surface area contributed by atoms with Gasteiger partial charge in [0.05, 0.1) is 22.2 Å². The minimum absolute atomic E-state index is 0.111. The Hall–Kier alpha value is -2.68. The molecule has 0 fully saturated rings. The maximum Gasteiger partial charge on any atom is 0.186 e. The zero-order valence-corrected chi connectivity index (χ0v) is 19.3. The molecule has 3 aromatic carbocycles. The van der Waals surface area contributed by atoms with Crippen molar-refractivity contribution < 1.29 is 21.6 Å². The van der Waals surface area contributed by atoms with Gasteiger partial charge < -0.3 is 10.1 Å². The second kappa shape index (κ2) is 9.05. The van der Waals surface area contributed by atoms with E-state index in [9.17, 15) is 16.8 Å². The van der Waals surface area contributed by atoms with Gasteiger partial charge in [0, 0.05) is 13.1 Å². The molecule has 1 atom stereocenters. The molecule has 6 nitrogen and oxygen atoms in total. The predicted molar refractivity (Wildman–Crippen MR) is 123 cm³/mol. The van der Waals surface area contributed by atoms with E-state index < -0.39 is 30.7 Å². The van der Waals surface area contributed by atoms with E-state index in [1.807, 2.05) is 31.2 Å². The largest absolute Gasteiger partial charge is 0.494 e. The van der Waals surface area contributed by atoms with Gasteiger partial charge in [-0.3, -0.25) is 0 Å². The third-order valence-electron chi connectivity index (χ3n) is 5.48. The number of ether oxygens (including phenoxy) is 1. The van der Waals surface area contributed by atoms with Crippen LogP contribution in [0.5, 0.6) is 5.75 Å². The number of fused-ring (bicyclic) bond motifs is 1. The molecule has 8 heteroatoms. The fraction of sp³-hybridized carbons (Fsp3) is 0.250. The maximum absolute atomic E-state index is 13.3. The van der Waals surface area contributed by atoms with Crippen molar-refractivity contribution in [2.45, 2.75) is 35.1 Å². The number of hydrogen-bond donors (Lipinski definition) is 1. The lowest BCUT2D eigenvalue weighted by atomic mass is 10.0. The SMILES string of the molecule is CCOc1cccc(CNCc2cccc3c2C(S(=O)(=O)c2ccccc2)CS3(=O)=O)c1. The summed E-state index contributed by atoms with van der Waals surface area (Å²) in [5.74, 6) is 0.347. The first-order valence-corrected chi connectivity index (χ1v) is 13.6. The summed E-state index contributed by atoms with van der Waals surface area (Å²) >= 11 is 0. The molecular formula is C24H25NO5S2. The van der Waals surface area contributed by atoms with Gasteiger partial charge in [-0.2, -0.15) is 0 Å². The van der Waals surface area contributed by atoms with E-state index in [2.05, 4.69) is 5.32 Å². The minimum atomic E-state index is -3.86. The van der Waals surface area contributed by atoms with Gasteiger partial charge in [0.1, 0.15) is 11.0 Å². The summed E-state index contributed by atoms with van der Waals surface area (Å²) in [6, 6.07) is 20.7. The summed E-state index contributed by atoms with van der Waals surface area (Å²) in [4.78, 5) is 0.239. The summed E-state index contributed by atoms with van der Waals surface area (Å²) in [7, 11) is -7.54. The van der Waals surface area contributed by atoms with Crippen molar-refractivity contribution in [3.8, 4) is 5.75 Å². The van der Waals surface area contributed by atoms with Crippen LogP contribution in [0.2, 0.25) is 0 Å². The van der Waals surface area contributed by atoms with Crippen LogP contribution in [0.1, 0.15) is 28.9 Å². The van der Waals surface area contributed by atoms with Crippen molar-refractivity contribution >= 4 is 19.7 Å². The topological polar surface area (TPSA) is 89.5 Å². The highest BCUT2D eigenvalue weighted by atomic mass is 32.2. The Morgan fingerprint density at radius 3 is 2.47 bits per heavy atom. The Morgan fingerprint density at radius 1 is 0.969 bits per heavy atom. The highest BCUT2D eigenvalue weighted by Gasteiger charge is 2.44. The highest BCUT2D eigenvalue weighted by Crippen LogP contribution is 2.42. The van der Waals surface area contributed by atoms with Crippen LogP contribution in [-0.2, 0) is 32.8 Å². The first-order chi connectivity index (χ1) is 15.3. The summed E-state index contributed by atoms with van der Waals surface area (Å²) in [5, 5.41) is 2.19. The summed E-state index contributed by atoms with van der Waals surface area (Å²) in [6.07, 6.45) is 0. The third-order valence-corrected chi connectivity index (χ3v) is 9.57. The van der Waals surface area contributed by atoms with Crippen LogP contribution in [0.25, 0.3) is 0 Å². The summed E-state index contributed by atoms with van der Waals surface area (Å²) in [5.41, 5.74) is 2.07. The quantitative estimate of drug-likeness (QED) is 0.539. The fourth-order valence-corrected chi connectivity index (χ4v) is 8.45. The third kappa shape index (κ3) is 4.44. The molecule has 1 N–H and O–H groups in total. The monoisotopic (exact) mass is 471 g/mol. The molecular weight excluding hydrogens is 446 g/mol. The van der Waals surface area contributed by atoms with Crippen LogP contribution in [0, 0.1) is 0 Å². The molecule has 1 heterocycles. The lowest BCUT2D eigenvalue weighted by Gasteiger charge is -2.16. The molecule has 168 valence electrons. The Morgan fingerprint density at radius 2 is 1.72 bits per heavy atom. The molecule has 1 aliphatic heterocycles. The van der Waals surface area contributed by atoms with Crippen molar-refractivity contribution in [3.63, 3.8) is 0 Å². The first kappa shape index (κ1) is 22.5. The number of sulfone groups is 2. The van der Waals surface area contributed by atoms with Crippen LogP contribution in [0.3, 0.4) is 0 Å². The van der Waals surface area contributed by atoms with Crippen LogP contribution >= 0.6 is 0 Å². The van der Waals surface area contributed by atoms with Crippen LogP contribution < -0.4 is 10.1 Å². The standard InChI is InChI=1S/C24H25NO5S2/c1-2-30-20-10-6-8-18(14-20)15-25-16-19-9-7-13-22-24(19)23(17-31(22,26)27)32(28,29)21-11-4-3-5-12-21/h3-14,23,25H,2,15-17H2,1H3. The van der Waals surface area contributed by atoms with E-state index >= 15 is 0 Å². The minimum Gasteiger partial charge on any atom is -0.494 e. The second-order valence-corrected chi connectivity index (χ2v) is 11.8. The van der Waals surface area contributed by atoms with E-state index in [1.165, 1.54) is 18.2 Å². The highest BCUT2D eigenvalue weighted by molar-refractivity contribution is 7.96. The average molecular weight is 472 g/mol. The number of rotatable bonds is 8. The van der Waals surface area contributed by atoms with Crippen molar-refractivity contribution in [1.29, 1.82) is 0 Å². The Kier molecular flexibility index (Phi) is 6.37. The zero-order valence-electron chi connectivity index (χ0n) is 17.7. The molecule has 0 saturated heterocycles. The van der Waals surface area contributed by atoms with Gasteiger partial charge in [0.15, 0.2) is 19.7 Å². The second-order valence-electron chi connectivity index (χ2n) is 7.64. The predicted octanol–water partition coefficient (Wildman–Crippen LogP) is 3.68. The molecule has 0 saturated carbocycles.